The van der Waals surface area contributed by atoms with Gasteiger partial charge < -0.3 is 0 Å². The maximum atomic E-state index is 13.7. The second-order valence-corrected chi connectivity index (χ2v) is 5.88. The molecule has 0 aliphatic heterocycles. The van der Waals surface area contributed by atoms with Crippen molar-refractivity contribution in [1.29, 1.82) is 36.8 Å². The number of benzene rings is 2. The molecule has 148 valence electrons. The van der Waals surface area contributed by atoms with Crippen molar-refractivity contribution in [2.75, 3.05) is 0 Å². The summed E-state index contributed by atoms with van der Waals surface area (Å²) in [5.74, 6) is 0. The smallest absolute Gasteiger partial charge is 0.192 e. The Morgan fingerprint density at radius 2 is 1.16 bits per heavy atom. The Morgan fingerprint density at radius 3 is 1.59 bits per heavy atom. The first kappa shape index (κ1) is 22.7. The van der Waals surface area contributed by atoms with Crippen LogP contribution in [0.25, 0.3) is 11.1 Å². The van der Waals surface area contributed by atoms with Crippen LogP contribution < -0.4 is 10.4 Å². The second kappa shape index (κ2) is 8.82. The molecule has 0 aromatic heterocycles. The predicted octanol–water partition coefficient (Wildman–Crippen LogP) is 2.11. The minimum atomic E-state index is -5.02. The fraction of sp³-hybridized carbons (Fsp3) is 0.0455. The molecule has 0 bridgehead atoms. The van der Waals surface area contributed by atoms with Crippen molar-refractivity contribution in [2.45, 2.75) is 6.18 Å². The minimum absolute atomic E-state index is 0.219. The summed E-state index contributed by atoms with van der Waals surface area (Å²) in [6, 6.07) is 14.2. The molecular weight excluding hydrogens is 419 g/mol. The van der Waals surface area contributed by atoms with Crippen LogP contribution in [-0.4, -0.2) is 0 Å². The van der Waals surface area contributed by atoms with Crippen LogP contribution in [0.5, 0.6) is 0 Å². The molecule has 32 heavy (non-hydrogen) atoms. The normalized spacial score (nSPS) is 10.6. The summed E-state index contributed by atoms with van der Waals surface area (Å²) >= 11 is 0. The molecule has 7 nitrogen and oxygen atoms in total. The third kappa shape index (κ3) is 3.79. The van der Waals surface area contributed by atoms with Crippen LogP contribution >= 0.6 is 0 Å². The molecule has 0 heterocycles. The van der Waals surface area contributed by atoms with Gasteiger partial charge in [0.05, 0.1) is 33.4 Å². The lowest BCUT2D eigenvalue weighted by atomic mass is 9.91. The zero-order valence-corrected chi connectivity index (χ0v) is 15.6. The first-order chi connectivity index (χ1) is 15.2. The minimum Gasteiger partial charge on any atom is -0.192 e. The average Bonchev–Trinajstić information content (AvgIpc) is 2.79. The molecule has 2 aromatic rings. The van der Waals surface area contributed by atoms with Crippen LogP contribution in [0.3, 0.4) is 0 Å². The molecule has 0 spiro atoms. The molecule has 0 N–H and O–H groups in total. The highest BCUT2D eigenvalue weighted by atomic mass is 19.4. The molecule has 0 aliphatic rings. The van der Waals surface area contributed by atoms with Crippen LogP contribution in [0, 0.1) is 79.3 Å². The van der Waals surface area contributed by atoms with Gasteiger partial charge >= 0.3 is 6.18 Å². The molecule has 0 atom stereocenters. The average molecular weight is 423 g/mol. The van der Waals surface area contributed by atoms with Gasteiger partial charge in [-0.3, -0.25) is 0 Å². The van der Waals surface area contributed by atoms with E-state index in [1.165, 1.54) is 6.07 Å². The van der Waals surface area contributed by atoms with Gasteiger partial charge in [-0.1, -0.05) is 12.1 Å². The van der Waals surface area contributed by atoms with E-state index in [0.29, 0.717) is 12.1 Å². The van der Waals surface area contributed by atoms with E-state index < -0.39 is 50.7 Å². The van der Waals surface area contributed by atoms with E-state index in [4.69, 9.17) is 15.8 Å². The van der Waals surface area contributed by atoms with Gasteiger partial charge in [0, 0.05) is 16.0 Å². The van der Waals surface area contributed by atoms with Crippen LogP contribution in [0.15, 0.2) is 24.3 Å². The molecule has 0 amide bonds. The highest BCUT2D eigenvalue weighted by Crippen LogP contribution is 2.36. The highest BCUT2D eigenvalue weighted by molar-refractivity contribution is 5.82. The second-order valence-electron chi connectivity index (χ2n) is 5.88. The van der Waals surface area contributed by atoms with Gasteiger partial charge in [0.15, 0.2) is 0 Å². The summed E-state index contributed by atoms with van der Waals surface area (Å²) < 4.78 is 41.1. The van der Waals surface area contributed by atoms with Crippen LogP contribution in [0.1, 0.15) is 33.4 Å². The number of hydrogen-bond acceptors (Lipinski definition) is 7. The zero-order chi connectivity index (χ0) is 24.1. The van der Waals surface area contributed by atoms with Gasteiger partial charge in [0.2, 0.25) is 0 Å². The Morgan fingerprint density at radius 1 is 0.656 bits per heavy atom. The molecule has 0 unspecified atom stereocenters. The SMILES string of the molecule is N#CC(C#N)=c1cc/c(=C(/C#N)c2cc(C#N)c(C#N)cc2C(F)(F)F)c(C#N)c1C#N. The topological polar surface area (TPSA) is 167 Å². The maximum Gasteiger partial charge on any atom is 0.417 e. The van der Waals surface area contributed by atoms with Gasteiger partial charge in [-0.15, -0.1) is 0 Å². The number of rotatable bonds is 1. The largest absolute Gasteiger partial charge is 0.417 e. The number of alkyl halides is 3. The number of nitriles is 7. The summed E-state index contributed by atoms with van der Waals surface area (Å²) in [7, 11) is 0. The first-order valence-electron chi connectivity index (χ1n) is 8.20. The molecule has 0 saturated carbocycles. The fourth-order valence-electron chi connectivity index (χ4n) is 2.89. The quantitative estimate of drug-likeness (QED) is 0.677. The maximum absolute atomic E-state index is 13.7. The molecule has 2 aromatic carbocycles. The molecule has 0 saturated heterocycles. The van der Waals surface area contributed by atoms with Gasteiger partial charge in [0.1, 0.15) is 48.1 Å². The van der Waals surface area contributed by atoms with E-state index in [2.05, 4.69) is 0 Å². The van der Waals surface area contributed by atoms with E-state index in [1.807, 2.05) is 0 Å². The van der Waals surface area contributed by atoms with E-state index in [9.17, 15) is 34.2 Å². The van der Waals surface area contributed by atoms with Crippen molar-refractivity contribution in [3.05, 3.63) is 68.1 Å². The monoisotopic (exact) mass is 423 g/mol. The van der Waals surface area contributed by atoms with Crippen molar-refractivity contribution in [1.82, 2.24) is 0 Å². The molecule has 10 heteroatoms. The summed E-state index contributed by atoms with van der Waals surface area (Å²) in [6.07, 6.45) is -5.02. The van der Waals surface area contributed by atoms with Crippen LogP contribution in [0.4, 0.5) is 13.2 Å². The Kier molecular flexibility index (Phi) is 6.26. The first-order valence-corrected chi connectivity index (χ1v) is 8.20. The van der Waals surface area contributed by atoms with Gasteiger partial charge in [0.25, 0.3) is 0 Å². The van der Waals surface area contributed by atoms with Crippen molar-refractivity contribution in [2.24, 2.45) is 0 Å². The van der Waals surface area contributed by atoms with E-state index in [0.717, 1.165) is 12.1 Å². The van der Waals surface area contributed by atoms with E-state index in [-0.39, 0.29) is 10.4 Å². The Hall–Kier alpha value is -5.60. The van der Waals surface area contributed by atoms with Gasteiger partial charge in [-0.25, -0.2) is 0 Å². The molecular formula is C22H4F3N7. The lowest BCUT2D eigenvalue weighted by Crippen LogP contribution is -2.23. The van der Waals surface area contributed by atoms with Gasteiger partial charge in [-0.05, 0) is 12.1 Å². The van der Waals surface area contributed by atoms with Crippen molar-refractivity contribution in [3.8, 4) is 42.5 Å². The van der Waals surface area contributed by atoms with Gasteiger partial charge in [-0.2, -0.15) is 50.0 Å². The number of halogens is 3. The van der Waals surface area contributed by atoms with Crippen molar-refractivity contribution >= 4 is 11.1 Å². The Balaban J connectivity index is 3.27. The lowest BCUT2D eigenvalue weighted by molar-refractivity contribution is -0.137. The van der Waals surface area contributed by atoms with Crippen molar-refractivity contribution < 1.29 is 13.2 Å². The molecule has 0 radical (unpaired) electrons. The number of hydrogen-bond donors (Lipinski definition) is 0. The standard InChI is InChI=1S/C22H4F3N7/c23-22(24,25)21-4-13(6-27)12(5-26)3-17(21)19(10-31)16-2-1-15(14(7-28)8-29)18(9-30)20(16)11-32/h1-4H/b19-16+. The summed E-state index contributed by atoms with van der Waals surface area (Å²) in [5, 5.41) is 64.5. The Labute approximate surface area is 178 Å². The molecule has 0 fully saturated rings. The third-order valence-corrected chi connectivity index (χ3v) is 4.28. The summed E-state index contributed by atoms with van der Waals surface area (Å²) in [6.45, 7) is 0. The molecule has 0 aliphatic carbocycles. The predicted molar refractivity (Wildman–Crippen MR) is 98.8 cm³/mol. The van der Waals surface area contributed by atoms with E-state index >= 15 is 0 Å². The Bertz CT molecular complexity index is 1570. The third-order valence-electron chi connectivity index (χ3n) is 4.28. The summed E-state index contributed by atoms with van der Waals surface area (Å²) in [4.78, 5) is 0. The van der Waals surface area contributed by atoms with Crippen LogP contribution in [-0.2, 0) is 6.18 Å². The van der Waals surface area contributed by atoms with Crippen molar-refractivity contribution in [3.63, 3.8) is 0 Å². The van der Waals surface area contributed by atoms with Crippen LogP contribution in [0.2, 0.25) is 0 Å². The summed E-state index contributed by atoms with van der Waals surface area (Å²) in [5.41, 5.74) is -5.34. The molecule has 2 rings (SSSR count). The highest BCUT2D eigenvalue weighted by Gasteiger charge is 2.35. The van der Waals surface area contributed by atoms with E-state index in [1.54, 1.807) is 36.4 Å². The number of nitrogens with zero attached hydrogens (tertiary/aromatic N) is 7. The zero-order valence-electron chi connectivity index (χ0n) is 15.6. The fourth-order valence-corrected chi connectivity index (χ4v) is 2.89. The lowest BCUT2D eigenvalue weighted by Gasteiger charge is -2.14.